The number of nitrogens with two attached hydrogens (primary N) is 1. The summed E-state index contributed by atoms with van der Waals surface area (Å²) >= 11 is 0. The van der Waals surface area contributed by atoms with Crippen molar-refractivity contribution in [2.75, 3.05) is 19.5 Å². The van der Waals surface area contributed by atoms with Gasteiger partial charge in [-0.25, -0.2) is 13.1 Å². The average Bonchev–Trinajstić information content (AvgIpc) is 2.17. The second-order valence-corrected chi connectivity index (χ2v) is 5.45. The molecule has 0 aliphatic carbocycles. The largest absolute Gasteiger partial charge is 0.386 e. The van der Waals surface area contributed by atoms with Gasteiger partial charge in [0.1, 0.15) is 5.84 Å². The van der Waals surface area contributed by atoms with E-state index in [2.05, 4.69) is 4.72 Å². The molecular formula is C9H21N3O3S. The van der Waals surface area contributed by atoms with E-state index in [0.717, 1.165) is 6.42 Å². The van der Waals surface area contributed by atoms with Crippen molar-refractivity contribution in [1.82, 2.24) is 4.72 Å². The maximum atomic E-state index is 11.6. The van der Waals surface area contributed by atoms with Crippen molar-refractivity contribution in [3.63, 3.8) is 0 Å². The van der Waals surface area contributed by atoms with Crippen molar-refractivity contribution in [1.29, 1.82) is 5.41 Å². The Labute approximate surface area is 97.1 Å². The van der Waals surface area contributed by atoms with Gasteiger partial charge in [0.05, 0.1) is 11.8 Å². The minimum absolute atomic E-state index is 0.00562. The van der Waals surface area contributed by atoms with Crippen LogP contribution in [-0.2, 0) is 14.8 Å². The summed E-state index contributed by atoms with van der Waals surface area (Å²) in [5, 5.41) is 7.27. The van der Waals surface area contributed by atoms with E-state index in [0.29, 0.717) is 19.4 Å². The lowest BCUT2D eigenvalue weighted by Gasteiger charge is -2.16. The van der Waals surface area contributed by atoms with Gasteiger partial charge in [-0.15, -0.1) is 0 Å². The Morgan fingerprint density at radius 2 is 2.19 bits per heavy atom. The number of sulfonamides is 1. The first-order valence-corrected chi connectivity index (χ1v) is 6.91. The first-order chi connectivity index (χ1) is 7.43. The van der Waals surface area contributed by atoms with E-state index in [-0.39, 0.29) is 11.6 Å². The zero-order valence-electron chi connectivity index (χ0n) is 9.82. The van der Waals surface area contributed by atoms with Gasteiger partial charge in [-0.3, -0.25) is 5.41 Å². The summed E-state index contributed by atoms with van der Waals surface area (Å²) in [7, 11) is -1.85. The van der Waals surface area contributed by atoms with Crippen LogP contribution >= 0.6 is 0 Å². The van der Waals surface area contributed by atoms with Gasteiger partial charge in [-0.1, -0.05) is 13.3 Å². The summed E-state index contributed by atoms with van der Waals surface area (Å²) in [4.78, 5) is 0. The second kappa shape index (κ2) is 7.59. The number of ether oxygens (including phenoxy) is 1. The van der Waals surface area contributed by atoms with Gasteiger partial charge >= 0.3 is 0 Å². The van der Waals surface area contributed by atoms with E-state index in [4.69, 9.17) is 15.9 Å². The van der Waals surface area contributed by atoms with E-state index in [9.17, 15) is 8.42 Å². The maximum absolute atomic E-state index is 11.6. The highest BCUT2D eigenvalue weighted by Gasteiger charge is 2.18. The Bertz CT molecular complexity index is 303. The van der Waals surface area contributed by atoms with Crippen LogP contribution in [0.15, 0.2) is 0 Å². The first-order valence-electron chi connectivity index (χ1n) is 5.25. The molecule has 0 amide bonds. The predicted molar refractivity (Wildman–Crippen MR) is 64.0 cm³/mol. The van der Waals surface area contributed by atoms with Gasteiger partial charge in [0.25, 0.3) is 0 Å². The topological polar surface area (TPSA) is 105 Å². The molecule has 0 saturated carbocycles. The van der Waals surface area contributed by atoms with E-state index < -0.39 is 16.1 Å². The van der Waals surface area contributed by atoms with Crippen molar-refractivity contribution in [2.45, 2.75) is 32.2 Å². The molecule has 1 unspecified atom stereocenters. The Hall–Kier alpha value is -0.660. The fraction of sp³-hybridized carbons (Fsp3) is 0.889. The Morgan fingerprint density at radius 1 is 1.56 bits per heavy atom. The van der Waals surface area contributed by atoms with E-state index in [1.165, 1.54) is 7.11 Å². The fourth-order valence-corrected chi connectivity index (χ4v) is 2.53. The molecule has 0 radical (unpaired) electrons. The van der Waals surface area contributed by atoms with Crippen LogP contribution in [0.5, 0.6) is 0 Å². The van der Waals surface area contributed by atoms with Crippen molar-refractivity contribution >= 4 is 15.9 Å². The minimum atomic E-state index is -3.37. The van der Waals surface area contributed by atoms with Gasteiger partial charge in [0, 0.05) is 13.7 Å². The van der Waals surface area contributed by atoms with Crippen LogP contribution in [0.1, 0.15) is 26.2 Å². The van der Waals surface area contributed by atoms with E-state index >= 15 is 0 Å². The quantitative estimate of drug-likeness (QED) is 0.306. The van der Waals surface area contributed by atoms with Gasteiger partial charge in [0.15, 0.2) is 0 Å². The van der Waals surface area contributed by atoms with Gasteiger partial charge in [-0.2, -0.15) is 0 Å². The molecule has 6 nitrogen and oxygen atoms in total. The predicted octanol–water partition coefficient (Wildman–Crippen LogP) is 0.0470. The van der Waals surface area contributed by atoms with Crippen LogP contribution in [0, 0.1) is 5.41 Å². The highest BCUT2D eigenvalue weighted by molar-refractivity contribution is 7.89. The lowest BCUT2D eigenvalue weighted by molar-refractivity contribution is 0.199. The zero-order chi connectivity index (χ0) is 12.6. The third kappa shape index (κ3) is 6.76. The SMILES string of the molecule is CCCC(NS(=O)(=O)CCCOC)C(=N)N. The van der Waals surface area contributed by atoms with Crippen LogP contribution in [0.25, 0.3) is 0 Å². The molecule has 4 N–H and O–H groups in total. The van der Waals surface area contributed by atoms with E-state index in [1.807, 2.05) is 6.92 Å². The summed E-state index contributed by atoms with van der Waals surface area (Å²) in [6, 6.07) is -0.586. The molecule has 16 heavy (non-hydrogen) atoms. The normalized spacial score (nSPS) is 13.6. The first kappa shape index (κ1) is 15.3. The number of hydrogen-bond acceptors (Lipinski definition) is 4. The molecule has 0 spiro atoms. The van der Waals surface area contributed by atoms with Crippen molar-refractivity contribution in [3.8, 4) is 0 Å². The molecule has 0 aromatic rings. The standard InChI is InChI=1S/C9H21N3O3S/c1-3-5-8(9(10)11)12-16(13,14)7-4-6-15-2/h8,12H,3-7H2,1-2H3,(H3,10,11). The molecule has 0 rings (SSSR count). The number of rotatable bonds is 9. The number of nitrogens with one attached hydrogen (secondary N) is 2. The Kier molecular flexibility index (Phi) is 7.27. The highest BCUT2D eigenvalue weighted by atomic mass is 32.2. The highest BCUT2D eigenvalue weighted by Crippen LogP contribution is 2.00. The molecule has 96 valence electrons. The van der Waals surface area contributed by atoms with Gasteiger partial charge in [0.2, 0.25) is 10.0 Å². The summed E-state index contributed by atoms with van der Waals surface area (Å²) in [5.74, 6) is -0.147. The molecule has 0 saturated heterocycles. The van der Waals surface area contributed by atoms with Crippen LogP contribution in [0.2, 0.25) is 0 Å². The summed E-state index contributed by atoms with van der Waals surface area (Å²) in [6.45, 7) is 2.31. The molecule has 7 heteroatoms. The maximum Gasteiger partial charge on any atom is 0.212 e. The van der Waals surface area contributed by atoms with Gasteiger partial charge in [-0.05, 0) is 12.8 Å². The molecule has 0 aromatic carbocycles. The molecule has 0 aromatic heterocycles. The smallest absolute Gasteiger partial charge is 0.212 e. The third-order valence-electron chi connectivity index (χ3n) is 2.04. The summed E-state index contributed by atoms with van der Waals surface area (Å²) in [5.41, 5.74) is 5.32. The summed E-state index contributed by atoms with van der Waals surface area (Å²) < 4.78 is 30.4. The molecule has 0 bridgehead atoms. The van der Waals surface area contributed by atoms with Crippen LogP contribution < -0.4 is 10.5 Å². The molecule has 0 fully saturated rings. The number of amidine groups is 1. The molecule has 0 heterocycles. The molecule has 1 atom stereocenters. The van der Waals surface area contributed by atoms with Crippen LogP contribution in [0.4, 0.5) is 0 Å². The molecule has 0 aliphatic rings. The molecular weight excluding hydrogens is 230 g/mol. The van der Waals surface area contributed by atoms with E-state index in [1.54, 1.807) is 0 Å². The lowest BCUT2D eigenvalue weighted by Crippen LogP contribution is -2.44. The lowest BCUT2D eigenvalue weighted by atomic mass is 10.2. The molecule has 0 aliphatic heterocycles. The zero-order valence-corrected chi connectivity index (χ0v) is 10.6. The number of hydrogen-bond donors (Lipinski definition) is 3. The Balaban J connectivity index is 4.25. The number of methoxy groups -OCH3 is 1. The van der Waals surface area contributed by atoms with Crippen LogP contribution in [0.3, 0.4) is 0 Å². The van der Waals surface area contributed by atoms with Crippen molar-refractivity contribution < 1.29 is 13.2 Å². The van der Waals surface area contributed by atoms with Gasteiger partial charge < -0.3 is 10.5 Å². The second-order valence-electron chi connectivity index (χ2n) is 3.58. The Morgan fingerprint density at radius 3 is 2.62 bits per heavy atom. The van der Waals surface area contributed by atoms with Crippen LogP contribution in [-0.4, -0.2) is 39.8 Å². The van der Waals surface area contributed by atoms with Crippen molar-refractivity contribution in [2.24, 2.45) is 5.73 Å². The average molecular weight is 251 g/mol. The minimum Gasteiger partial charge on any atom is -0.386 e. The monoisotopic (exact) mass is 251 g/mol. The summed E-state index contributed by atoms with van der Waals surface area (Å²) in [6.07, 6.45) is 1.74. The van der Waals surface area contributed by atoms with Crippen molar-refractivity contribution in [3.05, 3.63) is 0 Å². The fourth-order valence-electron chi connectivity index (χ4n) is 1.24. The third-order valence-corrected chi connectivity index (χ3v) is 3.51.